The van der Waals surface area contributed by atoms with Gasteiger partial charge in [0.1, 0.15) is 0 Å². The Balaban J connectivity index is 1.29. The van der Waals surface area contributed by atoms with Crippen LogP contribution in [-0.2, 0) is 9.53 Å². The maximum absolute atomic E-state index is 13.6. The number of anilines is 2. The second-order valence-electron chi connectivity index (χ2n) is 9.48. The SMILES string of the molecule is O=C(Nc1ccc(C(=O)N(CCC(=O)N2CCOCC2)c2ccccc2)cc1)c1ccccc1-c1ccccc1. The van der Waals surface area contributed by atoms with E-state index >= 15 is 0 Å². The molecule has 0 spiro atoms. The van der Waals surface area contributed by atoms with Crippen LogP contribution in [0.4, 0.5) is 11.4 Å². The van der Waals surface area contributed by atoms with E-state index in [1.54, 1.807) is 40.1 Å². The fraction of sp³-hybridized carbons (Fsp3) is 0.182. The molecule has 0 aromatic heterocycles. The van der Waals surface area contributed by atoms with E-state index < -0.39 is 0 Å². The first-order chi connectivity index (χ1) is 19.6. The Kier molecular flexibility index (Phi) is 8.63. The molecule has 1 N–H and O–H groups in total. The smallest absolute Gasteiger partial charge is 0.258 e. The molecule has 0 aliphatic carbocycles. The van der Waals surface area contributed by atoms with Gasteiger partial charge in [0.15, 0.2) is 0 Å². The fourth-order valence-corrected chi connectivity index (χ4v) is 4.74. The molecule has 202 valence electrons. The van der Waals surface area contributed by atoms with Crippen LogP contribution >= 0.6 is 0 Å². The average molecular weight is 534 g/mol. The van der Waals surface area contributed by atoms with Gasteiger partial charge in [0.05, 0.1) is 13.2 Å². The number of carbonyl (C=O) groups is 3. The van der Waals surface area contributed by atoms with Crippen molar-refractivity contribution in [3.8, 4) is 11.1 Å². The van der Waals surface area contributed by atoms with E-state index in [0.717, 1.165) is 16.8 Å². The van der Waals surface area contributed by atoms with E-state index in [4.69, 9.17) is 4.74 Å². The standard InChI is InChI=1S/C33H31N3O4/c37-31(35-21-23-40-24-22-35)19-20-36(28-11-5-2-6-12-28)33(39)26-15-17-27(18-16-26)34-32(38)30-14-8-7-13-29(30)25-9-3-1-4-10-25/h1-18H,19-24H2,(H,34,38). The summed E-state index contributed by atoms with van der Waals surface area (Å²) in [6.45, 7) is 2.47. The third kappa shape index (κ3) is 6.45. The second kappa shape index (κ2) is 12.9. The van der Waals surface area contributed by atoms with E-state index in [0.29, 0.717) is 43.1 Å². The predicted octanol–water partition coefficient (Wildman–Crippen LogP) is 5.50. The number of rotatable bonds is 8. The average Bonchev–Trinajstić information content (AvgIpc) is 3.02. The zero-order chi connectivity index (χ0) is 27.7. The molecule has 4 aromatic rings. The van der Waals surface area contributed by atoms with Crippen molar-refractivity contribution in [2.24, 2.45) is 0 Å². The van der Waals surface area contributed by atoms with E-state index in [1.165, 1.54) is 0 Å². The number of hydrogen-bond acceptors (Lipinski definition) is 4. The summed E-state index contributed by atoms with van der Waals surface area (Å²) in [7, 11) is 0. The quantitative estimate of drug-likeness (QED) is 0.324. The van der Waals surface area contributed by atoms with Crippen molar-refractivity contribution in [3.05, 3.63) is 120 Å². The highest BCUT2D eigenvalue weighted by Gasteiger charge is 2.22. The highest BCUT2D eigenvalue weighted by atomic mass is 16.5. The van der Waals surface area contributed by atoms with Gasteiger partial charge < -0.3 is 19.9 Å². The molecule has 4 aromatic carbocycles. The van der Waals surface area contributed by atoms with Gasteiger partial charge in [-0.2, -0.15) is 0 Å². The van der Waals surface area contributed by atoms with E-state index in [-0.39, 0.29) is 30.7 Å². The van der Waals surface area contributed by atoms with Gasteiger partial charge in [-0.25, -0.2) is 0 Å². The number of hydrogen-bond donors (Lipinski definition) is 1. The molecule has 1 heterocycles. The van der Waals surface area contributed by atoms with Crippen LogP contribution in [0.15, 0.2) is 109 Å². The number of morpholine rings is 1. The largest absolute Gasteiger partial charge is 0.378 e. The van der Waals surface area contributed by atoms with E-state index in [9.17, 15) is 14.4 Å². The van der Waals surface area contributed by atoms with Crippen molar-refractivity contribution >= 4 is 29.1 Å². The van der Waals surface area contributed by atoms with Crippen molar-refractivity contribution in [2.45, 2.75) is 6.42 Å². The van der Waals surface area contributed by atoms with Crippen LogP contribution in [0.1, 0.15) is 27.1 Å². The predicted molar refractivity (Wildman–Crippen MR) is 156 cm³/mol. The number of para-hydroxylation sites is 1. The Bertz CT molecular complexity index is 1450. The maximum Gasteiger partial charge on any atom is 0.258 e. The van der Waals surface area contributed by atoms with Crippen LogP contribution < -0.4 is 10.2 Å². The van der Waals surface area contributed by atoms with Crippen molar-refractivity contribution in [3.63, 3.8) is 0 Å². The Morgan fingerprint density at radius 2 is 1.38 bits per heavy atom. The monoisotopic (exact) mass is 533 g/mol. The topological polar surface area (TPSA) is 79.0 Å². The van der Waals surface area contributed by atoms with Gasteiger partial charge >= 0.3 is 0 Å². The minimum absolute atomic E-state index is 0.00544. The Morgan fingerprint density at radius 3 is 2.08 bits per heavy atom. The lowest BCUT2D eigenvalue weighted by atomic mass is 9.99. The summed E-state index contributed by atoms with van der Waals surface area (Å²) in [5.41, 5.74) is 4.13. The van der Waals surface area contributed by atoms with Gasteiger partial charge in [0, 0.05) is 48.6 Å². The van der Waals surface area contributed by atoms with Gasteiger partial charge in [-0.3, -0.25) is 14.4 Å². The Morgan fingerprint density at radius 1 is 0.750 bits per heavy atom. The summed E-state index contributed by atoms with van der Waals surface area (Å²) >= 11 is 0. The number of nitrogens with one attached hydrogen (secondary N) is 1. The third-order valence-electron chi connectivity index (χ3n) is 6.87. The number of benzene rings is 4. The normalized spacial score (nSPS) is 12.9. The van der Waals surface area contributed by atoms with Crippen LogP contribution in [0, 0.1) is 0 Å². The van der Waals surface area contributed by atoms with Crippen LogP contribution in [0.5, 0.6) is 0 Å². The molecule has 1 fully saturated rings. The molecule has 0 bridgehead atoms. The number of ether oxygens (including phenoxy) is 1. The Hall–Kier alpha value is -4.75. The summed E-state index contributed by atoms with van der Waals surface area (Å²) < 4.78 is 5.34. The number of nitrogens with zero attached hydrogens (tertiary/aromatic N) is 2. The van der Waals surface area contributed by atoms with Crippen molar-refractivity contribution < 1.29 is 19.1 Å². The summed E-state index contributed by atoms with van der Waals surface area (Å²) in [5, 5.41) is 2.95. The molecule has 40 heavy (non-hydrogen) atoms. The number of amides is 3. The first kappa shape index (κ1) is 26.8. The molecule has 1 saturated heterocycles. The van der Waals surface area contributed by atoms with Gasteiger partial charge in [-0.1, -0.05) is 66.7 Å². The first-order valence-electron chi connectivity index (χ1n) is 13.4. The van der Waals surface area contributed by atoms with Gasteiger partial charge in [0.2, 0.25) is 5.91 Å². The highest BCUT2D eigenvalue weighted by molar-refractivity contribution is 6.09. The van der Waals surface area contributed by atoms with Crippen LogP contribution in [0.2, 0.25) is 0 Å². The molecular formula is C33H31N3O4. The minimum Gasteiger partial charge on any atom is -0.378 e. The van der Waals surface area contributed by atoms with Crippen molar-refractivity contribution in [1.29, 1.82) is 0 Å². The zero-order valence-corrected chi connectivity index (χ0v) is 22.2. The fourth-order valence-electron chi connectivity index (χ4n) is 4.74. The summed E-state index contributed by atoms with van der Waals surface area (Å²) in [5.74, 6) is -0.440. The molecule has 7 nitrogen and oxygen atoms in total. The van der Waals surface area contributed by atoms with Gasteiger partial charge in [-0.15, -0.1) is 0 Å². The van der Waals surface area contributed by atoms with Crippen LogP contribution in [-0.4, -0.2) is 55.5 Å². The molecule has 7 heteroatoms. The Labute approximate surface area is 234 Å². The van der Waals surface area contributed by atoms with Crippen LogP contribution in [0.3, 0.4) is 0 Å². The molecule has 0 radical (unpaired) electrons. The summed E-state index contributed by atoms with van der Waals surface area (Å²) in [6, 6.07) is 33.4. The lowest BCUT2D eigenvalue weighted by Crippen LogP contribution is -2.42. The highest BCUT2D eigenvalue weighted by Crippen LogP contribution is 2.25. The number of carbonyl (C=O) groups excluding carboxylic acids is 3. The molecule has 0 unspecified atom stereocenters. The molecule has 3 amide bonds. The second-order valence-corrected chi connectivity index (χ2v) is 9.48. The molecule has 1 aliphatic rings. The third-order valence-corrected chi connectivity index (χ3v) is 6.87. The lowest BCUT2D eigenvalue weighted by molar-refractivity contribution is -0.135. The minimum atomic E-state index is -0.230. The van der Waals surface area contributed by atoms with Crippen LogP contribution in [0.25, 0.3) is 11.1 Å². The maximum atomic E-state index is 13.6. The van der Waals surface area contributed by atoms with E-state index in [1.807, 2.05) is 78.9 Å². The molecule has 1 aliphatic heterocycles. The molecule has 5 rings (SSSR count). The molecule has 0 saturated carbocycles. The lowest BCUT2D eigenvalue weighted by Gasteiger charge is -2.28. The first-order valence-corrected chi connectivity index (χ1v) is 13.4. The van der Waals surface area contributed by atoms with Crippen molar-refractivity contribution in [1.82, 2.24) is 4.90 Å². The van der Waals surface area contributed by atoms with E-state index in [2.05, 4.69) is 5.32 Å². The summed E-state index contributed by atoms with van der Waals surface area (Å²) in [6.07, 6.45) is 0.218. The molecule has 0 atom stereocenters. The van der Waals surface area contributed by atoms with Gasteiger partial charge in [-0.05, 0) is 53.6 Å². The zero-order valence-electron chi connectivity index (χ0n) is 22.2. The molecular weight excluding hydrogens is 502 g/mol. The van der Waals surface area contributed by atoms with Gasteiger partial charge in [0.25, 0.3) is 11.8 Å². The van der Waals surface area contributed by atoms with Crippen molar-refractivity contribution in [2.75, 3.05) is 43.1 Å². The summed E-state index contributed by atoms with van der Waals surface area (Å²) in [4.78, 5) is 42.9.